The third kappa shape index (κ3) is 3.50. The fraction of sp³-hybridized carbons (Fsp3) is 0.471. The standard InChI is InChI=1S/C17H24FN3/c1-5-9-19-12(3)15-8-7-14(18)10-16(15)17-11-21(6-2)20-13(17)4/h7-8,10-12,19H,5-6,9H2,1-4H3. The first-order valence-corrected chi connectivity index (χ1v) is 7.64. The Hall–Kier alpha value is -1.68. The highest BCUT2D eigenvalue weighted by molar-refractivity contribution is 5.69. The number of hydrogen-bond donors (Lipinski definition) is 1. The number of aryl methyl sites for hydroxylation is 2. The summed E-state index contributed by atoms with van der Waals surface area (Å²) in [6, 6.07) is 5.21. The zero-order valence-electron chi connectivity index (χ0n) is 13.3. The van der Waals surface area contributed by atoms with E-state index in [-0.39, 0.29) is 11.9 Å². The summed E-state index contributed by atoms with van der Waals surface area (Å²) in [5.74, 6) is -0.208. The van der Waals surface area contributed by atoms with Gasteiger partial charge in [-0.1, -0.05) is 13.0 Å². The highest BCUT2D eigenvalue weighted by atomic mass is 19.1. The zero-order chi connectivity index (χ0) is 15.4. The molecule has 0 bridgehead atoms. The van der Waals surface area contributed by atoms with Crippen LogP contribution < -0.4 is 5.32 Å². The highest BCUT2D eigenvalue weighted by Gasteiger charge is 2.16. The molecule has 114 valence electrons. The molecular formula is C17H24FN3. The van der Waals surface area contributed by atoms with Gasteiger partial charge in [-0.15, -0.1) is 0 Å². The van der Waals surface area contributed by atoms with Crippen LogP contribution in [0.1, 0.15) is 44.5 Å². The zero-order valence-corrected chi connectivity index (χ0v) is 13.3. The number of aromatic nitrogens is 2. The lowest BCUT2D eigenvalue weighted by Gasteiger charge is -2.17. The number of nitrogens with one attached hydrogen (secondary N) is 1. The number of benzene rings is 1. The molecule has 0 saturated carbocycles. The van der Waals surface area contributed by atoms with E-state index in [1.807, 2.05) is 30.8 Å². The minimum Gasteiger partial charge on any atom is -0.310 e. The summed E-state index contributed by atoms with van der Waals surface area (Å²) < 4.78 is 15.6. The summed E-state index contributed by atoms with van der Waals surface area (Å²) in [6.07, 6.45) is 3.08. The molecule has 1 N–H and O–H groups in total. The first-order chi connectivity index (χ1) is 10.1. The molecule has 1 heterocycles. The van der Waals surface area contributed by atoms with E-state index >= 15 is 0 Å². The molecule has 1 aromatic heterocycles. The van der Waals surface area contributed by atoms with Crippen molar-refractivity contribution in [3.05, 3.63) is 41.5 Å². The normalized spacial score (nSPS) is 12.6. The Bertz CT molecular complexity index is 604. The molecule has 1 atom stereocenters. The Morgan fingerprint density at radius 3 is 2.67 bits per heavy atom. The summed E-state index contributed by atoms with van der Waals surface area (Å²) in [7, 11) is 0. The van der Waals surface area contributed by atoms with Crippen molar-refractivity contribution in [2.75, 3.05) is 6.54 Å². The lowest BCUT2D eigenvalue weighted by atomic mass is 9.95. The molecule has 3 nitrogen and oxygen atoms in total. The minimum absolute atomic E-state index is 0.185. The van der Waals surface area contributed by atoms with Crippen molar-refractivity contribution in [2.24, 2.45) is 0 Å². The van der Waals surface area contributed by atoms with E-state index in [1.54, 1.807) is 6.07 Å². The number of halogens is 1. The first kappa shape index (κ1) is 15.7. The van der Waals surface area contributed by atoms with Gasteiger partial charge in [0, 0.05) is 24.3 Å². The fourth-order valence-electron chi connectivity index (χ4n) is 2.55. The molecule has 0 fully saturated rings. The van der Waals surface area contributed by atoms with Crippen molar-refractivity contribution in [1.29, 1.82) is 0 Å². The van der Waals surface area contributed by atoms with Gasteiger partial charge in [0.2, 0.25) is 0 Å². The van der Waals surface area contributed by atoms with Crippen LogP contribution in [0.3, 0.4) is 0 Å². The molecular weight excluding hydrogens is 265 g/mol. The van der Waals surface area contributed by atoms with Gasteiger partial charge in [-0.2, -0.15) is 5.10 Å². The van der Waals surface area contributed by atoms with Gasteiger partial charge in [0.15, 0.2) is 0 Å². The summed E-state index contributed by atoms with van der Waals surface area (Å²) in [4.78, 5) is 0. The largest absolute Gasteiger partial charge is 0.310 e. The Morgan fingerprint density at radius 2 is 2.05 bits per heavy atom. The van der Waals surface area contributed by atoms with Crippen molar-refractivity contribution < 1.29 is 4.39 Å². The second-order valence-corrected chi connectivity index (χ2v) is 5.39. The van der Waals surface area contributed by atoms with Crippen LogP contribution in [-0.2, 0) is 6.54 Å². The molecule has 2 rings (SSSR count). The Balaban J connectivity index is 2.45. The van der Waals surface area contributed by atoms with E-state index in [0.29, 0.717) is 0 Å². The van der Waals surface area contributed by atoms with Crippen LogP contribution in [0.4, 0.5) is 4.39 Å². The average Bonchev–Trinajstić information content (AvgIpc) is 2.85. The van der Waals surface area contributed by atoms with E-state index in [2.05, 4.69) is 24.3 Å². The Labute approximate surface area is 126 Å². The maximum absolute atomic E-state index is 13.7. The van der Waals surface area contributed by atoms with Gasteiger partial charge in [0.1, 0.15) is 5.82 Å². The van der Waals surface area contributed by atoms with Crippen molar-refractivity contribution >= 4 is 0 Å². The van der Waals surface area contributed by atoms with Crippen LogP contribution in [0.5, 0.6) is 0 Å². The SMILES string of the molecule is CCCNC(C)c1ccc(F)cc1-c1cn(CC)nc1C. The summed E-state index contributed by atoms with van der Waals surface area (Å²) in [5.41, 5.74) is 4.00. The predicted molar refractivity (Wildman–Crippen MR) is 84.7 cm³/mol. The molecule has 0 spiro atoms. The molecule has 0 aliphatic heterocycles. The Morgan fingerprint density at radius 1 is 1.29 bits per heavy atom. The third-order valence-electron chi connectivity index (χ3n) is 3.74. The molecule has 0 aliphatic carbocycles. The molecule has 4 heteroatoms. The second-order valence-electron chi connectivity index (χ2n) is 5.39. The van der Waals surface area contributed by atoms with Gasteiger partial charge in [-0.3, -0.25) is 4.68 Å². The Kier molecular flexibility index (Phi) is 5.12. The van der Waals surface area contributed by atoms with E-state index in [9.17, 15) is 4.39 Å². The van der Waals surface area contributed by atoms with Gasteiger partial charge in [0.05, 0.1) is 5.69 Å². The summed E-state index contributed by atoms with van der Waals surface area (Å²) in [5, 5.41) is 7.94. The summed E-state index contributed by atoms with van der Waals surface area (Å²) >= 11 is 0. The molecule has 0 amide bonds. The van der Waals surface area contributed by atoms with Crippen molar-refractivity contribution in [2.45, 2.75) is 46.7 Å². The molecule has 1 unspecified atom stereocenters. The van der Waals surface area contributed by atoms with E-state index < -0.39 is 0 Å². The topological polar surface area (TPSA) is 29.9 Å². The molecule has 0 saturated heterocycles. The maximum atomic E-state index is 13.7. The minimum atomic E-state index is -0.208. The lowest BCUT2D eigenvalue weighted by molar-refractivity contribution is 0.569. The van der Waals surface area contributed by atoms with Crippen LogP contribution in [0.15, 0.2) is 24.4 Å². The fourth-order valence-corrected chi connectivity index (χ4v) is 2.55. The van der Waals surface area contributed by atoms with Crippen LogP contribution in [0, 0.1) is 12.7 Å². The molecule has 21 heavy (non-hydrogen) atoms. The maximum Gasteiger partial charge on any atom is 0.123 e. The van der Waals surface area contributed by atoms with Crippen molar-refractivity contribution in [3.63, 3.8) is 0 Å². The van der Waals surface area contributed by atoms with Crippen molar-refractivity contribution in [3.8, 4) is 11.1 Å². The highest BCUT2D eigenvalue weighted by Crippen LogP contribution is 2.31. The number of rotatable bonds is 6. The summed E-state index contributed by atoms with van der Waals surface area (Å²) in [6.45, 7) is 10.0. The van der Waals surface area contributed by atoms with Gasteiger partial charge in [-0.25, -0.2) is 4.39 Å². The smallest absolute Gasteiger partial charge is 0.123 e. The van der Waals surface area contributed by atoms with Crippen LogP contribution in [-0.4, -0.2) is 16.3 Å². The van der Waals surface area contributed by atoms with E-state index in [0.717, 1.165) is 41.9 Å². The quantitative estimate of drug-likeness (QED) is 0.868. The lowest BCUT2D eigenvalue weighted by Crippen LogP contribution is -2.20. The first-order valence-electron chi connectivity index (χ1n) is 7.64. The average molecular weight is 289 g/mol. The molecule has 2 aromatic rings. The second kappa shape index (κ2) is 6.85. The monoisotopic (exact) mass is 289 g/mol. The van der Waals surface area contributed by atoms with Crippen molar-refractivity contribution in [1.82, 2.24) is 15.1 Å². The number of hydrogen-bond acceptors (Lipinski definition) is 2. The van der Waals surface area contributed by atoms with Gasteiger partial charge < -0.3 is 5.32 Å². The third-order valence-corrected chi connectivity index (χ3v) is 3.74. The molecule has 1 aromatic carbocycles. The van der Waals surface area contributed by atoms with Crippen LogP contribution in [0.25, 0.3) is 11.1 Å². The van der Waals surface area contributed by atoms with E-state index in [1.165, 1.54) is 6.07 Å². The van der Waals surface area contributed by atoms with Gasteiger partial charge in [0.25, 0.3) is 0 Å². The molecule has 0 radical (unpaired) electrons. The predicted octanol–water partition coefficient (Wildman–Crippen LogP) is 4.08. The van der Waals surface area contributed by atoms with Crippen LogP contribution >= 0.6 is 0 Å². The van der Waals surface area contributed by atoms with Gasteiger partial charge >= 0.3 is 0 Å². The van der Waals surface area contributed by atoms with Crippen LogP contribution in [0.2, 0.25) is 0 Å². The van der Waals surface area contributed by atoms with E-state index in [4.69, 9.17) is 0 Å². The van der Waals surface area contributed by atoms with Gasteiger partial charge in [-0.05, 0) is 57.0 Å². The molecule has 0 aliphatic rings. The number of nitrogens with zero attached hydrogens (tertiary/aromatic N) is 2.